The summed E-state index contributed by atoms with van der Waals surface area (Å²) in [5, 5.41) is 8.54. The summed E-state index contributed by atoms with van der Waals surface area (Å²) in [5.41, 5.74) is 12.7. The summed E-state index contributed by atoms with van der Waals surface area (Å²) in [4.78, 5) is 11.3. The lowest BCUT2D eigenvalue weighted by Crippen LogP contribution is -2.21. The Morgan fingerprint density at radius 3 is 2.07 bits per heavy atom. The Labute approximate surface area is 356 Å². The van der Waals surface area contributed by atoms with Crippen molar-refractivity contribution in [3.05, 3.63) is 197 Å². The zero-order valence-corrected chi connectivity index (χ0v) is 34.3. The Kier molecular flexibility index (Phi) is 8.87. The quantitative estimate of drug-likeness (QED) is 0.171. The maximum Gasteiger partial charge on any atom is 0.160 e. The number of allylic oxidation sites excluding steroid dienone is 6. The number of furan rings is 1. The second-order valence-electron chi connectivity index (χ2n) is 17.2. The number of nitrogens with zero attached hydrogens (tertiary/aromatic N) is 2. The van der Waals surface area contributed by atoms with Gasteiger partial charge in [-0.25, -0.2) is 9.98 Å². The van der Waals surface area contributed by atoms with Gasteiger partial charge >= 0.3 is 0 Å². The van der Waals surface area contributed by atoms with Crippen LogP contribution in [0.3, 0.4) is 0 Å². The minimum Gasteiger partial charge on any atom is -0.456 e. The third-order valence-corrected chi connectivity index (χ3v) is 13.8. The fourth-order valence-corrected chi connectivity index (χ4v) is 10.9. The number of amidine groups is 1. The molecule has 1 aliphatic heterocycles. The van der Waals surface area contributed by atoms with Crippen molar-refractivity contribution < 1.29 is 4.42 Å². The van der Waals surface area contributed by atoms with Crippen LogP contribution >= 0.6 is 0 Å². The molecular weight excluding hydrogens is 741 g/mol. The summed E-state index contributed by atoms with van der Waals surface area (Å²) in [7, 11) is 0. The van der Waals surface area contributed by atoms with E-state index in [-0.39, 0.29) is 0 Å². The van der Waals surface area contributed by atoms with Gasteiger partial charge in [0.15, 0.2) is 5.84 Å². The van der Waals surface area contributed by atoms with E-state index >= 15 is 0 Å². The first kappa shape index (κ1) is 36.0. The largest absolute Gasteiger partial charge is 0.456 e. The second-order valence-corrected chi connectivity index (χ2v) is 17.2. The topological polar surface area (TPSA) is 37.9 Å². The highest BCUT2D eigenvalue weighted by atomic mass is 16.3. The van der Waals surface area contributed by atoms with Gasteiger partial charge in [-0.2, -0.15) is 0 Å². The van der Waals surface area contributed by atoms with Crippen LogP contribution in [0.5, 0.6) is 0 Å². The summed E-state index contributed by atoms with van der Waals surface area (Å²) < 4.78 is 6.66. The standard InChI is InChI=1S/C58H46N2O/c1-3-19-39-37(15-1)17-11-26-41(39)47-33-35-49(45-23-7-5-21-43(45)47)54-30-14-31-55(53-29-13-28-51-50-25-9-10-32-56(50)61-57(51)53)60-58(59-54)52-36-34-48(44-22-6-8-24-46(44)52)42-27-12-18-38-16-2-4-20-40(38)42/h1,3,5-8,10-13,15,17-19,21-24,26-30,32-36,38,40H,2,4,9,14,16,20,25,31H2/b54-30-,59-58-,60-55+. The van der Waals surface area contributed by atoms with Crippen molar-refractivity contribution in [2.45, 2.75) is 51.4 Å². The fourth-order valence-electron chi connectivity index (χ4n) is 10.9. The monoisotopic (exact) mass is 786 g/mol. The summed E-state index contributed by atoms with van der Waals surface area (Å²) in [6.45, 7) is 0. The van der Waals surface area contributed by atoms with Crippen molar-refractivity contribution in [3.63, 3.8) is 0 Å². The molecule has 3 heteroatoms. The third kappa shape index (κ3) is 6.17. The van der Waals surface area contributed by atoms with Gasteiger partial charge in [0.25, 0.3) is 0 Å². The highest BCUT2D eigenvalue weighted by molar-refractivity contribution is 6.22. The Hall–Kier alpha value is -6.84. The van der Waals surface area contributed by atoms with E-state index in [9.17, 15) is 0 Å². The fraction of sp³-hybridized carbons (Fsp3) is 0.172. The second kappa shape index (κ2) is 15.0. The lowest BCUT2D eigenvalue weighted by Gasteiger charge is -2.34. The molecule has 0 N–H and O–H groups in total. The van der Waals surface area contributed by atoms with E-state index < -0.39 is 0 Å². The molecule has 61 heavy (non-hydrogen) atoms. The van der Waals surface area contributed by atoms with Gasteiger partial charge in [-0.15, -0.1) is 0 Å². The van der Waals surface area contributed by atoms with Crippen molar-refractivity contribution >= 4 is 72.2 Å². The minimum atomic E-state index is 0.561. The van der Waals surface area contributed by atoms with E-state index in [1.165, 1.54) is 91.2 Å². The molecule has 2 unspecified atom stereocenters. The van der Waals surface area contributed by atoms with Crippen LogP contribution in [0.25, 0.3) is 71.8 Å². The molecule has 1 saturated carbocycles. The van der Waals surface area contributed by atoms with Crippen LogP contribution < -0.4 is 0 Å². The van der Waals surface area contributed by atoms with Crippen LogP contribution in [-0.2, 0) is 6.42 Å². The van der Waals surface area contributed by atoms with Crippen LogP contribution in [0.15, 0.2) is 178 Å². The number of hydrogen-bond acceptors (Lipinski definition) is 3. The van der Waals surface area contributed by atoms with Gasteiger partial charge in [0.1, 0.15) is 11.3 Å². The molecule has 2 heterocycles. The molecule has 4 aliphatic rings. The number of rotatable bonds is 5. The molecule has 2 atom stereocenters. The van der Waals surface area contributed by atoms with Gasteiger partial charge in [0.05, 0.1) is 11.4 Å². The first-order chi connectivity index (χ1) is 30.3. The Balaban J connectivity index is 1.05. The van der Waals surface area contributed by atoms with Crippen molar-refractivity contribution in [1.82, 2.24) is 0 Å². The average Bonchev–Trinajstić information content (AvgIpc) is 3.70. The molecule has 7 aromatic carbocycles. The molecule has 8 aromatic rings. The molecule has 0 radical (unpaired) electrons. The van der Waals surface area contributed by atoms with Crippen molar-refractivity contribution in [3.8, 4) is 11.1 Å². The van der Waals surface area contributed by atoms with Crippen molar-refractivity contribution in [2.24, 2.45) is 21.8 Å². The predicted molar refractivity (Wildman–Crippen MR) is 257 cm³/mol. The molecule has 0 amide bonds. The molecule has 1 fully saturated rings. The van der Waals surface area contributed by atoms with E-state index in [1.807, 2.05) is 0 Å². The van der Waals surface area contributed by atoms with Crippen molar-refractivity contribution in [1.29, 1.82) is 0 Å². The highest BCUT2D eigenvalue weighted by Gasteiger charge is 2.30. The number of fused-ring (bicyclic) bond motifs is 7. The normalized spacial score (nSPS) is 21.4. The van der Waals surface area contributed by atoms with Crippen molar-refractivity contribution in [2.75, 3.05) is 0 Å². The number of aliphatic imine (C=N–C) groups is 2. The average molecular weight is 787 g/mol. The maximum atomic E-state index is 6.66. The van der Waals surface area contributed by atoms with Gasteiger partial charge in [-0.3, -0.25) is 0 Å². The first-order valence-corrected chi connectivity index (χ1v) is 22.3. The van der Waals surface area contributed by atoms with Crippen LogP contribution in [-0.4, -0.2) is 11.5 Å². The molecule has 0 spiro atoms. The smallest absolute Gasteiger partial charge is 0.160 e. The van der Waals surface area contributed by atoms with Gasteiger partial charge < -0.3 is 4.42 Å². The SMILES string of the molecule is C1=CC2CCCCC2C(c2ccc(C3=N/C(c4ccc(-c5cccc6ccccc56)c5ccccc45)=C\CC/C(c4cccc5c6c(oc45)C=CCC6)=N\3)c3ccccc23)=C1. The molecule has 3 nitrogen and oxygen atoms in total. The Bertz CT molecular complexity index is 3270. The predicted octanol–water partition coefficient (Wildman–Crippen LogP) is 15.3. The highest BCUT2D eigenvalue weighted by Crippen LogP contribution is 2.45. The number of aryl methyl sites for hydroxylation is 1. The molecule has 1 aromatic heterocycles. The Morgan fingerprint density at radius 2 is 1.18 bits per heavy atom. The Morgan fingerprint density at radius 1 is 0.525 bits per heavy atom. The minimum absolute atomic E-state index is 0.561. The molecule has 294 valence electrons. The van der Waals surface area contributed by atoms with E-state index in [4.69, 9.17) is 14.4 Å². The van der Waals surface area contributed by atoms with E-state index in [0.29, 0.717) is 11.8 Å². The van der Waals surface area contributed by atoms with Crippen LogP contribution in [0, 0.1) is 11.8 Å². The summed E-state index contributed by atoms with van der Waals surface area (Å²) in [6, 6.07) is 48.9. The van der Waals surface area contributed by atoms with Gasteiger partial charge in [-0.05, 0) is 123 Å². The van der Waals surface area contributed by atoms with Gasteiger partial charge in [0, 0.05) is 27.6 Å². The summed E-state index contributed by atoms with van der Waals surface area (Å²) in [6.07, 6.45) is 22.5. The molecule has 3 aliphatic carbocycles. The number of benzene rings is 7. The molecule has 12 rings (SSSR count). The van der Waals surface area contributed by atoms with Crippen LogP contribution in [0.4, 0.5) is 0 Å². The van der Waals surface area contributed by atoms with Gasteiger partial charge in [-0.1, -0.05) is 165 Å². The lowest BCUT2D eigenvalue weighted by molar-refractivity contribution is 0.345. The lowest BCUT2D eigenvalue weighted by atomic mass is 9.70. The zero-order chi connectivity index (χ0) is 40.3. The third-order valence-electron chi connectivity index (χ3n) is 13.8. The summed E-state index contributed by atoms with van der Waals surface area (Å²) >= 11 is 0. The van der Waals surface area contributed by atoms with Crippen LogP contribution in [0.2, 0.25) is 0 Å². The zero-order valence-electron chi connectivity index (χ0n) is 34.3. The van der Waals surface area contributed by atoms with E-state index in [1.54, 1.807) is 0 Å². The van der Waals surface area contributed by atoms with E-state index in [2.05, 4.69) is 170 Å². The molecule has 0 bridgehead atoms. The number of para-hydroxylation sites is 1. The molecule has 0 saturated heterocycles. The van der Waals surface area contributed by atoms with E-state index in [0.717, 1.165) is 71.0 Å². The first-order valence-electron chi connectivity index (χ1n) is 22.3. The summed E-state index contributed by atoms with van der Waals surface area (Å²) in [5.74, 6) is 2.88. The van der Waals surface area contributed by atoms with Gasteiger partial charge in [0.2, 0.25) is 0 Å². The maximum absolute atomic E-state index is 6.66. The van der Waals surface area contributed by atoms with Crippen LogP contribution in [0.1, 0.15) is 78.5 Å². The number of hydrogen-bond donors (Lipinski definition) is 0. The molecular formula is C58H46N2O.